The zero-order chi connectivity index (χ0) is 16.2. The quantitative estimate of drug-likeness (QED) is 0.495. The molecule has 23 heavy (non-hydrogen) atoms. The van der Waals surface area contributed by atoms with E-state index >= 15 is 0 Å². The number of amides is 1. The molecule has 0 spiro atoms. The normalized spacial score (nSPS) is 10.3. The maximum atomic E-state index is 12.1. The van der Waals surface area contributed by atoms with E-state index < -0.39 is 0 Å². The van der Waals surface area contributed by atoms with Crippen molar-refractivity contribution < 1.29 is 9.21 Å². The SMILES string of the molecule is Nc1nc(Cl)cc(NNC(=O)c2ccc(-c3cnco3)cc2)n1. The van der Waals surface area contributed by atoms with Crippen molar-refractivity contribution in [1.29, 1.82) is 0 Å². The predicted octanol–water partition coefficient (Wildman–Crippen LogP) is 2.12. The molecule has 8 nitrogen and oxygen atoms in total. The van der Waals surface area contributed by atoms with Crippen molar-refractivity contribution in [3.63, 3.8) is 0 Å². The number of nitrogens with zero attached hydrogens (tertiary/aromatic N) is 3. The minimum absolute atomic E-state index is 0.00524. The lowest BCUT2D eigenvalue weighted by molar-refractivity contribution is 0.0962. The number of oxazole rings is 1. The number of carbonyl (C=O) groups excluding carboxylic acids is 1. The first-order valence-electron chi connectivity index (χ1n) is 6.47. The second-order valence-corrected chi connectivity index (χ2v) is 4.84. The van der Waals surface area contributed by atoms with Crippen LogP contribution in [0.5, 0.6) is 0 Å². The average Bonchev–Trinajstić information content (AvgIpc) is 3.06. The van der Waals surface area contributed by atoms with Gasteiger partial charge in [0.2, 0.25) is 5.95 Å². The fraction of sp³-hybridized carbons (Fsp3) is 0. The van der Waals surface area contributed by atoms with Crippen LogP contribution in [0.3, 0.4) is 0 Å². The van der Waals surface area contributed by atoms with Crippen molar-refractivity contribution in [1.82, 2.24) is 20.4 Å². The molecule has 116 valence electrons. The number of hydrogen-bond acceptors (Lipinski definition) is 7. The molecule has 9 heteroatoms. The molecule has 4 N–H and O–H groups in total. The fourth-order valence-electron chi connectivity index (χ4n) is 1.84. The Morgan fingerprint density at radius 2 is 2.00 bits per heavy atom. The molecule has 0 aliphatic carbocycles. The van der Waals surface area contributed by atoms with E-state index in [1.165, 1.54) is 12.5 Å². The van der Waals surface area contributed by atoms with Crippen LogP contribution in [0.1, 0.15) is 10.4 Å². The Morgan fingerprint density at radius 3 is 2.65 bits per heavy atom. The van der Waals surface area contributed by atoms with Gasteiger partial charge in [0.25, 0.3) is 5.91 Å². The molecular formula is C14H11ClN6O2. The summed E-state index contributed by atoms with van der Waals surface area (Å²) in [5, 5.41) is 0.172. The predicted molar refractivity (Wildman–Crippen MR) is 84.5 cm³/mol. The molecule has 1 aromatic carbocycles. The molecule has 0 atom stereocenters. The highest BCUT2D eigenvalue weighted by molar-refractivity contribution is 6.29. The highest BCUT2D eigenvalue weighted by atomic mass is 35.5. The van der Waals surface area contributed by atoms with E-state index in [2.05, 4.69) is 25.8 Å². The topological polar surface area (TPSA) is 119 Å². The number of benzene rings is 1. The molecular weight excluding hydrogens is 320 g/mol. The third-order valence-electron chi connectivity index (χ3n) is 2.88. The Morgan fingerprint density at radius 1 is 1.22 bits per heavy atom. The first kappa shape index (κ1) is 14.8. The van der Waals surface area contributed by atoms with Gasteiger partial charge >= 0.3 is 0 Å². The van der Waals surface area contributed by atoms with Gasteiger partial charge in [-0.3, -0.25) is 15.6 Å². The molecule has 0 radical (unpaired) electrons. The van der Waals surface area contributed by atoms with Crippen LogP contribution in [0.4, 0.5) is 11.8 Å². The lowest BCUT2D eigenvalue weighted by atomic mass is 10.1. The molecule has 0 aliphatic heterocycles. The lowest BCUT2D eigenvalue weighted by Gasteiger charge is -2.08. The van der Waals surface area contributed by atoms with Crippen molar-refractivity contribution in [2.45, 2.75) is 0 Å². The van der Waals surface area contributed by atoms with Gasteiger partial charge in [-0.1, -0.05) is 23.7 Å². The van der Waals surface area contributed by atoms with Crippen LogP contribution in [-0.2, 0) is 0 Å². The molecule has 0 bridgehead atoms. The minimum Gasteiger partial charge on any atom is -0.444 e. The summed E-state index contributed by atoms with van der Waals surface area (Å²) in [5.74, 6) is 0.573. The monoisotopic (exact) mass is 330 g/mol. The van der Waals surface area contributed by atoms with E-state index in [-0.39, 0.29) is 22.8 Å². The molecule has 0 aliphatic rings. The van der Waals surface area contributed by atoms with Crippen LogP contribution in [0.15, 0.2) is 47.3 Å². The van der Waals surface area contributed by atoms with Gasteiger partial charge in [0.05, 0.1) is 6.20 Å². The number of rotatable bonds is 4. The molecule has 3 rings (SSSR count). The second kappa shape index (κ2) is 6.32. The third kappa shape index (κ3) is 3.55. The lowest BCUT2D eigenvalue weighted by Crippen LogP contribution is -2.29. The second-order valence-electron chi connectivity index (χ2n) is 4.46. The molecule has 1 amide bonds. The van der Waals surface area contributed by atoms with Crippen LogP contribution < -0.4 is 16.6 Å². The number of hydrazine groups is 1. The smallest absolute Gasteiger partial charge is 0.269 e. The highest BCUT2D eigenvalue weighted by Gasteiger charge is 2.08. The van der Waals surface area contributed by atoms with Crippen molar-refractivity contribution in [2.24, 2.45) is 0 Å². The Bertz CT molecular complexity index is 800. The number of hydrogen-bond donors (Lipinski definition) is 3. The van der Waals surface area contributed by atoms with Crippen molar-refractivity contribution in [3.05, 3.63) is 53.6 Å². The van der Waals surface area contributed by atoms with Crippen LogP contribution >= 0.6 is 11.6 Å². The van der Waals surface area contributed by atoms with Gasteiger partial charge in [0.1, 0.15) is 5.15 Å². The Hall–Kier alpha value is -3.13. The molecule has 2 heterocycles. The van der Waals surface area contributed by atoms with Gasteiger partial charge in [-0.2, -0.15) is 4.98 Å². The first-order valence-corrected chi connectivity index (χ1v) is 6.85. The first-order chi connectivity index (χ1) is 11.1. The van der Waals surface area contributed by atoms with E-state index in [0.29, 0.717) is 11.3 Å². The van der Waals surface area contributed by atoms with Crippen LogP contribution in [-0.4, -0.2) is 20.9 Å². The highest BCUT2D eigenvalue weighted by Crippen LogP contribution is 2.19. The van der Waals surface area contributed by atoms with Crippen LogP contribution in [0.25, 0.3) is 11.3 Å². The summed E-state index contributed by atoms with van der Waals surface area (Å²) >= 11 is 5.75. The van der Waals surface area contributed by atoms with E-state index in [0.717, 1.165) is 5.56 Å². The summed E-state index contributed by atoms with van der Waals surface area (Å²) in [4.78, 5) is 23.5. The van der Waals surface area contributed by atoms with Gasteiger partial charge in [0.15, 0.2) is 18.0 Å². The Kier molecular flexibility index (Phi) is 4.07. The minimum atomic E-state index is -0.345. The van der Waals surface area contributed by atoms with Gasteiger partial charge in [-0.15, -0.1) is 0 Å². The van der Waals surface area contributed by atoms with Crippen molar-refractivity contribution in [2.75, 3.05) is 11.2 Å². The van der Waals surface area contributed by atoms with Crippen molar-refractivity contribution in [3.8, 4) is 11.3 Å². The fourth-order valence-corrected chi connectivity index (χ4v) is 2.03. The van der Waals surface area contributed by atoms with E-state index in [4.69, 9.17) is 21.8 Å². The zero-order valence-corrected chi connectivity index (χ0v) is 12.4. The van der Waals surface area contributed by atoms with Crippen LogP contribution in [0, 0.1) is 0 Å². The summed E-state index contributed by atoms with van der Waals surface area (Å²) in [5.41, 5.74) is 11.9. The molecule has 0 saturated heterocycles. The van der Waals surface area contributed by atoms with Crippen LogP contribution in [0.2, 0.25) is 5.15 Å². The largest absolute Gasteiger partial charge is 0.444 e. The number of nitrogens with two attached hydrogens (primary N) is 1. The number of aromatic nitrogens is 3. The number of halogens is 1. The molecule has 0 unspecified atom stereocenters. The number of nitrogens with one attached hydrogen (secondary N) is 2. The summed E-state index contributed by atoms with van der Waals surface area (Å²) in [7, 11) is 0. The maximum Gasteiger partial charge on any atom is 0.269 e. The summed E-state index contributed by atoms with van der Waals surface area (Å²) in [6, 6.07) is 8.28. The molecule has 3 aromatic rings. The van der Waals surface area contributed by atoms with E-state index in [9.17, 15) is 4.79 Å². The summed E-state index contributed by atoms with van der Waals surface area (Å²) < 4.78 is 5.19. The van der Waals surface area contributed by atoms with Gasteiger partial charge in [0, 0.05) is 17.2 Å². The number of nitrogen functional groups attached to an aromatic ring is 1. The van der Waals surface area contributed by atoms with Gasteiger partial charge in [-0.05, 0) is 12.1 Å². The van der Waals surface area contributed by atoms with Gasteiger partial charge in [-0.25, -0.2) is 9.97 Å². The molecule has 0 fully saturated rings. The number of carbonyl (C=O) groups is 1. The van der Waals surface area contributed by atoms with Gasteiger partial charge < -0.3 is 10.2 Å². The standard InChI is InChI=1S/C14H11ClN6O2/c15-11-5-12(19-14(16)18-11)20-21-13(22)9-3-1-8(2-4-9)10-6-17-7-23-10/h1-7H,(H,21,22)(H3,16,18,19,20). The van der Waals surface area contributed by atoms with Crippen molar-refractivity contribution >= 4 is 29.3 Å². The zero-order valence-electron chi connectivity index (χ0n) is 11.7. The third-order valence-corrected chi connectivity index (χ3v) is 3.07. The van der Waals surface area contributed by atoms with E-state index in [1.807, 2.05) is 0 Å². The molecule has 0 saturated carbocycles. The average molecular weight is 331 g/mol. The Balaban J connectivity index is 1.66. The maximum absolute atomic E-state index is 12.1. The Labute approximate surface area is 135 Å². The summed E-state index contributed by atoms with van der Waals surface area (Å²) in [6.07, 6.45) is 2.94. The van der Waals surface area contributed by atoms with E-state index in [1.54, 1.807) is 30.5 Å². The number of anilines is 2. The summed E-state index contributed by atoms with van der Waals surface area (Å²) in [6.45, 7) is 0. The molecule has 2 aromatic heterocycles.